The van der Waals surface area contributed by atoms with E-state index in [0.717, 1.165) is 64.3 Å². The SMILES string of the molecule is CCCNc1ccc(-c2c(C)c(C)c(-c3ccc(NCC=C(C)C)cc3)c(C)c2C(=O)OC)cc1. The van der Waals surface area contributed by atoms with Crippen molar-refractivity contribution < 1.29 is 9.53 Å². The summed E-state index contributed by atoms with van der Waals surface area (Å²) in [5.41, 5.74) is 11.4. The first-order valence-corrected chi connectivity index (χ1v) is 12.3. The van der Waals surface area contributed by atoms with E-state index in [2.05, 4.69) is 99.9 Å². The normalized spacial score (nSPS) is 10.6. The van der Waals surface area contributed by atoms with Gasteiger partial charge in [-0.15, -0.1) is 0 Å². The first-order valence-electron chi connectivity index (χ1n) is 12.3. The van der Waals surface area contributed by atoms with Gasteiger partial charge >= 0.3 is 5.97 Å². The van der Waals surface area contributed by atoms with Crippen LogP contribution in [0.5, 0.6) is 0 Å². The Morgan fingerprint density at radius 2 is 1.31 bits per heavy atom. The van der Waals surface area contributed by atoms with Crippen molar-refractivity contribution in [3.63, 3.8) is 0 Å². The number of hydrogen-bond donors (Lipinski definition) is 2. The van der Waals surface area contributed by atoms with E-state index in [-0.39, 0.29) is 5.97 Å². The fourth-order valence-electron chi connectivity index (χ4n) is 4.46. The molecule has 0 atom stereocenters. The average Bonchev–Trinajstić information content (AvgIpc) is 2.85. The minimum atomic E-state index is -0.310. The fourth-order valence-corrected chi connectivity index (χ4v) is 4.46. The molecule has 0 heterocycles. The van der Waals surface area contributed by atoms with E-state index in [4.69, 9.17) is 4.74 Å². The second kappa shape index (κ2) is 11.7. The number of methoxy groups -OCH3 is 1. The highest BCUT2D eigenvalue weighted by Gasteiger charge is 2.24. The van der Waals surface area contributed by atoms with Gasteiger partial charge in [-0.05, 0) is 104 Å². The molecule has 4 heteroatoms. The molecule has 0 aliphatic carbocycles. The molecular formula is C31H38N2O2. The predicted octanol–water partition coefficient (Wildman–Crippen LogP) is 7.93. The Labute approximate surface area is 210 Å². The summed E-state index contributed by atoms with van der Waals surface area (Å²) in [5.74, 6) is -0.310. The molecule has 0 fully saturated rings. The molecule has 35 heavy (non-hydrogen) atoms. The second-order valence-electron chi connectivity index (χ2n) is 9.24. The monoisotopic (exact) mass is 470 g/mol. The van der Waals surface area contributed by atoms with Gasteiger partial charge in [0.25, 0.3) is 0 Å². The van der Waals surface area contributed by atoms with Crippen molar-refractivity contribution in [2.24, 2.45) is 0 Å². The molecule has 0 aromatic heterocycles. The first kappa shape index (κ1) is 26.1. The van der Waals surface area contributed by atoms with Gasteiger partial charge in [0.1, 0.15) is 0 Å². The summed E-state index contributed by atoms with van der Waals surface area (Å²) in [6, 6.07) is 16.7. The summed E-state index contributed by atoms with van der Waals surface area (Å²) < 4.78 is 5.26. The van der Waals surface area contributed by atoms with Crippen LogP contribution in [0.1, 0.15) is 54.2 Å². The molecule has 0 bridgehead atoms. The van der Waals surface area contributed by atoms with E-state index >= 15 is 0 Å². The Balaban J connectivity index is 2.08. The average molecular weight is 471 g/mol. The van der Waals surface area contributed by atoms with Crippen LogP contribution < -0.4 is 10.6 Å². The molecule has 3 rings (SSSR count). The van der Waals surface area contributed by atoms with Crippen molar-refractivity contribution in [2.45, 2.75) is 48.0 Å². The van der Waals surface area contributed by atoms with Gasteiger partial charge in [0.05, 0.1) is 12.7 Å². The number of anilines is 2. The molecule has 3 aromatic rings. The van der Waals surface area contributed by atoms with Gasteiger partial charge in [0, 0.05) is 24.5 Å². The number of esters is 1. The van der Waals surface area contributed by atoms with Crippen molar-refractivity contribution in [3.05, 3.63) is 82.4 Å². The molecular weight excluding hydrogens is 432 g/mol. The molecule has 0 amide bonds. The van der Waals surface area contributed by atoms with Crippen LogP contribution in [0.3, 0.4) is 0 Å². The van der Waals surface area contributed by atoms with Gasteiger partial charge in [-0.2, -0.15) is 0 Å². The summed E-state index contributed by atoms with van der Waals surface area (Å²) in [6.07, 6.45) is 3.24. The van der Waals surface area contributed by atoms with Crippen molar-refractivity contribution in [1.29, 1.82) is 0 Å². The van der Waals surface area contributed by atoms with Crippen LogP contribution in [0.2, 0.25) is 0 Å². The third kappa shape index (κ3) is 5.94. The molecule has 0 aliphatic rings. The Morgan fingerprint density at radius 3 is 1.83 bits per heavy atom. The smallest absolute Gasteiger partial charge is 0.338 e. The molecule has 2 N–H and O–H groups in total. The molecule has 0 saturated heterocycles. The number of benzene rings is 3. The highest BCUT2D eigenvalue weighted by Crippen LogP contribution is 2.40. The quantitative estimate of drug-likeness (QED) is 0.246. The molecule has 184 valence electrons. The highest BCUT2D eigenvalue weighted by molar-refractivity contribution is 6.03. The Hall–Kier alpha value is -3.53. The molecule has 0 aliphatic heterocycles. The molecule has 0 radical (unpaired) electrons. The first-order chi connectivity index (χ1) is 16.8. The van der Waals surface area contributed by atoms with E-state index in [1.54, 1.807) is 0 Å². The van der Waals surface area contributed by atoms with Crippen molar-refractivity contribution in [2.75, 3.05) is 30.8 Å². The third-order valence-electron chi connectivity index (χ3n) is 6.44. The number of rotatable bonds is 9. The van der Waals surface area contributed by atoms with E-state index in [0.29, 0.717) is 5.56 Å². The van der Waals surface area contributed by atoms with Gasteiger partial charge in [0.15, 0.2) is 0 Å². The highest BCUT2D eigenvalue weighted by atomic mass is 16.5. The summed E-state index contributed by atoms with van der Waals surface area (Å²) in [5, 5.41) is 6.84. The largest absolute Gasteiger partial charge is 0.465 e. The van der Waals surface area contributed by atoms with E-state index in [1.165, 1.54) is 18.2 Å². The Morgan fingerprint density at radius 1 is 0.800 bits per heavy atom. The van der Waals surface area contributed by atoms with Crippen molar-refractivity contribution in [1.82, 2.24) is 0 Å². The summed E-state index contributed by atoms with van der Waals surface area (Å²) in [7, 11) is 1.45. The van der Waals surface area contributed by atoms with E-state index in [9.17, 15) is 4.79 Å². The van der Waals surface area contributed by atoms with Gasteiger partial charge < -0.3 is 15.4 Å². The zero-order chi connectivity index (χ0) is 25.5. The van der Waals surface area contributed by atoms with Gasteiger partial charge in [-0.3, -0.25) is 0 Å². The zero-order valence-electron chi connectivity index (χ0n) is 22.1. The van der Waals surface area contributed by atoms with Crippen LogP contribution in [0.4, 0.5) is 11.4 Å². The number of hydrogen-bond acceptors (Lipinski definition) is 4. The fraction of sp³-hybridized carbons (Fsp3) is 0.323. The number of nitrogens with one attached hydrogen (secondary N) is 2. The maximum Gasteiger partial charge on any atom is 0.338 e. The predicted molar refractivity (Wildman–Crippen MR) is 150 cm³/mol. The van der Waals surface area contributed by atoms with Crippen LogP contribution in [0.15, 0.2) is 60.2 Å². The maximum absolute atomic E-state index is 13.1. The molecule has 3 aromatic carbocycles. The van der Waals surface area contributed by atoms with E-state index in [1.807, 2.05) is 6.92 Å². The van der Waals surface area contributed by atoms with Crippen LogP contribution >= 0.6 is 0 Å². The molecule has 0 spiro atoms. The van der Waals surface area contributed by atoms with Crippen molar-refractivity contribution in [3.8, 4) is 22.3 Å². The third-order valence-corrected chi connectivity index (χ3v) is 6.44. The van der Waals surface area contributed by atoms with Crippen molar-refractivity contribution >= 4 is 17.3 Å². The second-order valence-corrected chi connectivity index (χ2v) is 9.24. The van der Waals surface area contributed by atoms with Crippen LogP contribution in [0, 0.1) is 20.8 Å². The Bertz CT molecular complexity index is 1200. The summed E-state index contributed by atoms with van der Waals surface area (Å²) in [6.45, 7) is 14.3. The maximum atomic E-state index is 13.1. The summed E-state index contributed by atoms with van der Waals surface area (Å²) in [4.78, 5) is 13.1. The Kier molecular flexibility index (Phi) is 8.75. The lowest BCUT2D eigenvalue weighted by Crippen LogP contribution is -2.11. The van der Waals surface area contributed by atoms with Crippen LogP contribution in [0.25, 0.3) is 22.3 Å². The lowest BCUT2D eigenvalue weighted by Gasteiger charge is -2.22. The van der Waals surface area contributed by atoms with Crippen LogP contribution in [-0.2, 0) is 4.74 Å². The van der Waals surface area contributed by atoms with Gasteiger partial charge in [-0.1, -0.05) is 42.8 Å². The minimum Gasteiger partial charge on any atom is -0.465 e. The van der Waals surface area contributed by atoms with Gasteiger partial charge in [-0.25, -0.2) is 4.79 Å². The topological polar surface area (TPSA) is 50.4 Å². The number of allylic oxidation sites excluding steroid dienone is 1. The zero-order valence-corrected chi connectivity index (χ0v) is 22.1. The number of carbonyl (C=O) groups excluding carboxylic acids is 1. The molecule has 0 unspecified atom stereocenters. The number of ether oxygens (including phenoxy) is 1. The van der Waals surface area contributed by atoms with E-state index < -0.39 is 0 Å². The standard InChI is InChI=1S/C31H38N2O2/c1-8-18-32-26-15-11-25(12-16-26)29-22(5)21(4)28(23(6)30(29)31(34)35-7)24-9-13-27(14-10-24)33-19-17-20(2)3/h9-17,32-33H,8,18-19H2,1-7H3. The van der Waals surface area contributed by atoms with Gasteiger partial charge in [0.2, 0.25) is 0 Å². The number of carbonyl (C=O) groups is 1. The summed E-state index contributed by atoms with van der Waals surface area (Å²) >= 11 is 0. The molecule has 0 saturated carbocycles. The molecule has 4 nitrogen and oxygen atoms in total. The minimum absolute atomic E-state index is 0.310. The lowest BCUT2D eigenvalue weighted by atomic mass is 9.82. The van der Waals surface area contributed by atoms with Crippen LogP contribution in [-0.4, -0.2) is 26.2 Å². The lowest BCUT2D eigenvalue weighted by molar-refractivity contribution is 0.0600.